The van der Waals surface area contributed by atoms with E-state index in [-0.39, 0.29) is 47.5 Å². The maximum absolute atomic E-state index is 11.5. The third-order valence-electron chi connectivity index (χ3n) is 6.52. The molecule has 0 aliphatic carbocycles. The molecular formula is C30H34CaO6S2. The van der Waals surface area contributed by atoms with Crippen molar-refractivity contribution in [3.05, 3.63) is 83.9 Å². The molecule has 0 aliphatic heterocycles. The van der Waals surface area contributed by atoms with Gasteiger partial charge in [0.2, 0.25) is 0 Å². The molecular weight excluding hydrogens is 561 g/mol. The second-order valence-corrected chi connectivity index (χ2v) is 12.0. The number of rotatable bonds is 10. The Bertz CT molecular complexity index is 1480. The van der Waals surface area contributed by atoms with Crippen LogP contribution in [-0.4, -0.2) is 63.7 Å². The predicted molar refractivity (Wildman–Crippen MR) is 156 cm³/mol. The molecule has 0 saturated heterocycles. The van der Waals surface area contributed by atoms with E-state index in [1.54, 1.807) is 36.4 Å². The molecule has 204 valence electrons. The molecule has 0 heterocycles. The Kier molecular flexibility index (Phi) is 13.4. The molecule has 4 aromatic rings. The van der Waals surface area contributed by atoms with E-state index in [1.807, 2.05) is 36.4 Å². The van der Waals surface area contributed by atoms with Crippen LogP contribution in [-0.2, 0) is 33.1 Å². The summed E-state index contributed by atoms with van der Waals surface area (Å²) < 4.78 is 69.3. The van der Waals surface area contributed by atoms with Crippen molar-refractivity contribution in [1.29, 1.82) is 0 Å². The Balaban J connectivity index is 0.000000267. The smallest absolute Gasteiger partial charge is 0.744 e. The minimum Gasteiger partial charge on any atom is -0.744 e. The summed E-state index contributed by atoms with van der Waals surface area (Å²) in [5.74, 6) is 0. The average molecular weight is 595 g/mol. The van der Waals surface area contributed by atoms with Gasteiger partial charge in [-0.05, 0) is 58.4 Å². The predicted octanol–water partition coefficient (Wildman–Crippen LogP) is 6.57. The van der Waals surface area contributed by atoms with Gasteiger partial charge in [-0.25, -0.2) is 16.8 Å². The van der Waals surface area contributed by atoms with Crippen LogP contribution >= 0.6 is 0 Å². The van der Waals surface area contributed by atoms with Crippen LogP contribution in [0.1, 0.15) is 63.5 Å². The normalized spacial score (nSPS) is 11.6. The molecule has 0 unspecified atom stereocenters. The molecule has 0 bridgehead atoms. The van der Waals surface area contributed by atoms with Gasteiger partial charge in [0.15, 0.2) is 0 Å². The van der Waals surface area contributed by atoms with Gasteiger partial charge in [-0.1, -0.05) is 112 Å². The van der Waals surface area contributed by atoms with E-state index in [2.05, 4.69) is 13.8 Å². The molecule has 4 rings (SSSR count). The SMILES string of the molecule is CCCCCc1ccc2ccccc2c1S(=O)(=O)[O-].CCCCCc1ccc2ccccc2c1S(=O)(=O)[O-].[Ca+2]. The summed E-state index contributed by atoms with van der Waals surface area (Å²) >= 11 is 0. The van der Waals surface area contributed by atoms with Crippen LogP contribution < -0.4 is 0 Å². The van der Waals surface area contributed by atoms with Gasteiger partial charge in [0.25, 0.3) is 0 Å². The molecule has 4 aromatic carbocycles. The Morgan fingerprint density at radius 3 is 1.23 bits per heavy atom. The summed E-state index contributed by atoms with van der Waals surface area (Å²) in [4.78, 5) is -0.0802. The summed E-state index contributed by atoms with van der Waals surface area (Å²) in [7, 11) is -8.89. The van der Waals surface area contributed by atoms with Crippen molar-refractivity contribution >= 4 is 79.5 Å². The van der Waals surface area contributed by atoms with E-state index in [1.165, 1.54) is 0 Å². The summed E-state index contributed by atoms with van der Waals surface area (Å²) in [6.45, 7) is 4.18. The second-order valence-electron chi connectivity index (χ2n) is 9.37. The maximum Gasteiger partial charge on any atom is 2.00 e. The fourth-order valence-electron chi connectivity index (χ4n) is 4.69. The second kappa shape index (κ2) is 15.5. The van der Waals surface area contributed by atoms with E-state index in [0.717, 1.165) is 49.3 Å². The van der Waals surface area contributed by atoms with E-state index in [9.17, 15) is 25.9 Å². The molecule has 0 amide bonds. The van der Waals surface area contributed by atoms with Crippen molar-refractivity contribution in [2.45, 2.75) is 75.0 Å². The number of benzene rings is 4. The van der Waals surface area contributed by atoms with E-state index >= 15 is 0 Å². The largest absolute Gasteiger partial charge is 2.00 e. The third kappa shape index (κ3) is 9.25. The average Bonchev–Trinajstić information content (AvgIpc) is 2.87. The van der Waals surface area contributed by atoms with E-state index < -0.39 is 20.2 Å². The zero-order chi connectivity index (χ0) is 27.8. The molecule has 0 saturated carbocycles. The van der Waals surface area contributed by atoms with Gasteiger partial charge in [-0.2, -0.15) is 0 Å². The third-order valence-corrected chi connectivity index (χ3v) is 8.49. The van der Waals surface area contributed by atoms with Crippen LogP contribution in [0, 0.1) is 0 Å². The van der Waals surface area contributed by atoms with Gasteiger partial charge < -0.3 is 9.11 Å². The van der Waals surface area contributed by atoms with Crippen LogP contribution in [0.15, 0.2) is 82.6 Å². The van der Waals surface area contributed by atoms with Crippen molar-refractivity contribution < 1.29 is 25.9 Å². The van der Waals surface area contributed by atoms with Crippen molar-refractivity contribution in [3.63, 3.8) is 0 Å². The first kappa shape index (κ1) is 33.7. The van der Waals surface area contributed by atoms with Gasteiger partial charge in [0.1, 0.15) is 20.2 Å². The Morgan fingerprint density at radius 2 is 0.897 bits per heavy atom. The first-order valence-electron chi connectivity index (χ1n) is 13.0. The van der Waals surface area contributed by atoms with Crippen LogP contribution in [0.25, 0.3) is 21.5 Å². The standard InChI is InChI=1S/2C15H18O3S.Ca/c2*1-2-3-4-8-13-11-10-12-7-5-6-9-14(12)15(13)19(16,17)18;/h2*5-7,9-11H,2-4,8H2,1H3,(H,16,17,18);/q;;+2/p-2. The number of aryl methyl sites for hydroxylation is 2. The Morgan fingerprint density at radius 1 is 0.538 bits per heavy atom. The van der Waals surface area contributed by atoms with E-state index in [0.29, 0.717) is 34.7 Å². The molecule has 0 radical (unpaired) electrons. The Labute approximate surface area is 262 Å². The monoisotopic (exact) mass is 594 g/mol. The first-order chi connectivity index (χ1) is 18.1. The minimum atomic E-state index is -4.45. The summed E-state index contributed by atoms with van der Waals surface area (Å²) in [5.41, 5.74) is 1.28. The molecule has 0 aliphatic rings. The molecule has 6 nitrogen and oxygen atoms in total. The van der Waals surface area contributed by atoms with Gasteiger partial charge in [0, 0.05) is 0 Å². The fraction of sp³-hybridized carbons (Fsp3) is 0.333. The Hall–Kier alpha value is -1.52. The minimum absolute atomic E-state index is 0. The first-order valence-corrected chi connectivity index (χ1v) is 15.8. The van der Waals surface area contributed by atoms with Crippen LogP contribution in [0.4, 0.5) is 0 Å². The van der Waals surface area contributed by atoms with Crippen molar-refractivity contribution in [1.82, 2.24) is 0 Å². The topological polar surface area (TPSA) is 114 Å². The zero-order valence-electron chi connectivity index (χ0n) is 22.6. The van der Waals surface area contributed by atoms with Gasteiger partial charge >= 0.3 is 37.7 Å². The van der Waals surface area contributed by atoms with Crippen molar-refractivity contribution in [2.75, 3.05) is 0 Å². The maximum atomic E-state index is 11.5. The number of hydrogen-bond donors (Lipinski definition) is 0. The summed E-state index contributed by atoms with van der Waals surface area (Å²) in [6.07, 6.45) is 7.26. The van der Waals surface area contributed by atoms with Crippen molar-refractivity contribution in [3.8, 4) is 0 Å². The number of unbranched alkanes of at least 4 members (excludes halogenated alkanes) is 4. The van der Waals surface area contributed by atoms with Gasteiger partial charge in [0.05, 0.1) is 9.79 Å². The summed E-state index contributed by atoms with van der Waals surface area (Å²) in [5, 5.41) is 2.64. The van der Waals surface area contributed by atoms with Crippen LogP contribution in [0.3, 0.4) is 0 Å². The molecule has 39 heavy (non-hydrogen) atoms. The molecule has 0 N–H and O–H groups in total. The van der Waals surface area contributed by atoms with Crippen LogP contribution in [0.5, 0.6) is 0 Å². The van der Waals surface area contributed by atoms with E-state index in [4.69, 9.17) is 0 Å². The molecule has 9 heteroatoms. The fourth-order valence-corrected chi connectivity index (χ4v) is 6.58. The van der Waals surface area contributed by atoms with Gasteiger partial charge in [-0.3, -0.25) is 0 Å². The zero-order valence-corrected chi connectivity index (χ0v) is 26.4. The van der Waals surface area contributed by atoms with Crippen LogP contribution in [0.2, 0.25) is 0 Å². The quantitative estimate of drug-likeness (QED) is 0.116. The number of fused-ring (bicyclic) bond motifs is 2. The molecule has 0 spiro atoms. The molecule has 0 atom stereocenters. The number of hydrogen-bond acceptors (Lipinski definition) is 6. The molecule has 0 aromatic heterocycles. The van der Waals surface area contributed by atoms with Crippen molar-refractivity contribution in [2.24, 2.45) is 0 Å². The molecule has 0 fully saturated rings. The summed E-state index contributed by atoms with van der Waals surface area (Å²) in [6, 6.07) is 21.5. The van der Waals surface area contributed by atoms with Gasteiger partial charge in [-0.15, -0.1) is 0 Å².